The Hall–Kier alpha value is -1.60. The number of anilines is 1. The largest absolute Gasteiger partial charge is 0.379 e. The zero-order valence-electron chi connectivity index (χ0n) is 16.0. The number of nitrogens with zero attached hydrogens (tertiary/aromatic N) is 1. The first-order valence-corrected chi connectivity index (χ1v) is 9.11. The molecule has 0 spiro atoms. The summed E-state index contributed by atoms with van der Waals surface area (Å²) in [7, 11) is 0. The second-order valence-corrected chi connectivity index (χ2v) is 6.00. The molecule has 0 atom stereocenters. The Morgan fingerprint density at radius 3 is 2.29 bits per heavy atom. The average Bonchev–Trinajstić information content (AvgIpc) is 2.68. The van der Waals surface area contributed by atoms with Gasteiger partial charge in [-0.25, -0.2) is 8.78 Å². The summed E-state index contributed by atoms with van der Waals surface area (Å²) >= 11 is 0. The van der Waals surface area contributed by atoms with Crippen molar-refractivity contribution in [2.45, 2.75) is 19.8 Å². The molecule has 2 aromatic rings. The minimum atomic E-state index is -0.790. The zero-order valence-corrected chi connectivity index (χ0v) is 17.6. The van der Waals surface area contributed by atoms with Gasteiger partial charge < -0.3 is 14.4 Å². The maximum Gasteiger partial charge on any atom is 0.258 e. The van der Waals surface area contributed by atoms with Gasteiger partial charge in [0, 0.05) is 46.5 Å². The van der Waals surface area contributed by atoms with E-state index in [-0.39, 0.29) is 46.5 Å². The molecule has 2 rings (SSSR count). The van der Waals surface area contributed by atoms with Crippen LogP contribution in [0.15, 0.2) is 48.5 Å². The van der Waals surface area contributed by atoms with Crippen LogP contribution < -0.4 is 4.90 Å². The Labute approximate surface area is 179 Å². The van der Waals surface area contributed by atoms with Gasteiger partial charge in [-0.05, 0) is 30.7 Å². The van der Waals surface area contributed by atoms with E-state index in [2.05, 4.69) is 6.92 Å². The summed E-state index contributed by atoms with van der Waals surface area (Å²) in [4.78, 5) is 14.1. The summed E-state index contributed by atoms with van der Waals surface area (Å²) in [5, 5.41) is 0. The maximum atomic E-state index is 14.2. The number of halogens is 2. The third-order valence-electron chi connectivity index (χ3n) is 3.94. The van der Waals surface area contributed by atoms with Gasteiger partial charge in [0.2, 0.25) is 0 Å². The van der Waals surface area contributed by atoms with Crippen molar-refractivity contribution in [1.29, 1.82) is 0 Å². The molecule has 28 heavy (non-hydrogen) atoms. The number of ether oxygens (including phenoxy) is 2. The molecule has 0 heterocycles. The van der Waals surface area contributed by atoms with Crippen LogP contribution in [0.5, 0.6) is 0 Å². The number of hydrogen-bond acceptors (Lipinski definition) is 3. The fraction of sp³-hybridized carbons (Fsp3) is 0.381. The van der Waals surface area contributed by atoms with Gasteiger partial charge in [0.05, 0.1) is 25.5 Å². The monoisotopic (exact) mass is 425 g/mol. The summed E-state index contributed by atoms with van der Waals surface area (Å²) in [6.45, 7) is 4.00. The minimum Gasteiger partial charge on any atom is -0.379 e. The quantitative estimate of drug-likeness (QED) is 0.395. The van der Waals surface area contributed by atoms with Crippen LogP contribution in [0.25, 0.3) is 0 Å². The van der Waals surface area contributed by atoms with E-state index in [0.717, 1.165) is 25.0 Å². The molecule has 0 aliphatic carbocycles. The van der Waals surface area contributed by atoms with Crippen molar-refractivity contribution >= 4 is 11.6 Å². The van der Waals surface area contributed by atoms with Crippen molar-refractivity contribution in [1.82, 2.24) is 0 Å². The van der Waals surface area contributed by atoms with Crippen molar-refractivity contribution in [3.05, 3.63) is 65.7 Å². The summed E-state index contributed by atoms with van der Waals surface area (Å²) < 4.78 is 38.4. The molecule has 7 heteroatoms. The van der Waals surface area contributed by atoms with Gasteiger partial charge in [-0.2, -0.15) is 0 Å². The first-order valence-electron chi connectivity index (χ1n) is 9.11. The molecule has 4 nitrogen and oxygen atoms in total. The molecule has 0 aliphatic heterocycles. The van der Waals surface area contributed by atoms with Crippen molar-refractivity contribution in [2.24, 2.45) is 0 Å². The smallest absolute Gasteiger partial charge is 0.258 e. The summed E-state index contributed by atoms with van der Waals surface area (Å²) in [6.07, 6.45) is 2.07. The Balaban J connectivity index is 0.00000392. The molecule has 0 unspecified atom stereocenters. The Bertz CT molecular complexity index is 716. The van der Waals surface area contributed by atoms with Crippen molar-refractivity contribution < 1.29 is 44.8 Å². The molecule has 0 fully saturated rings. The van der Waals surface area contributed by atoms with E-state index in [9.17, 15) is 13.6 Å². The number of carbonyl (C=O) groups is 1. The second-order valence-electron chi connectivity index (χ2n) is 6.00. The van der Waals surface area contributed by atoms with Crippen LogP contribution in [-0.2, 0) is 31.2 Å². The van der Waals surface area contributed by atoms with Crippen LogP contribution in [0.2, 0.25) is 0 Å². The van der Waals surface area contributed by atoms with Gasteiger partial charge in [0.15, 0.2) is 0 Å². The third kappa shape index (κ3) is 7.80. The van der Waals surface area contributed by atoms with Gasteiger partial charge in [-0.3, -0.25) is 4.79 Å². The van der Waals surface area contributed by atoms with Crippen LogP contribution in [0.4, 0.5) is 14.5 Å². The first kappa shape index (κ1) is 24.4. The molecule has 0 bridgehead atoms. The normalized spacial score (nSPS) is 10.4. The molecule has 0 aliphatic rings. The van der Waals surface area contributed by atoms with Crippen molar-refractivity contribution in [3.8, 4) is 0 Å². The zero-order chi connectivity index (χ0) is 19.5. The molecule has 0 saturated heterocycles. The Morgan fingerprint density at radius 2 is 1.64 bits per heavy atom. The predicted molar refractivity (Wildman–Crippen MR) is 101 cm³/mol. The molecule has 150 valence electrons. The number of amides is 1. The number of unbranched alkanes of at least 4 members (excludes halogenated alkanes) is 1. The standard InChI is InChI=1S/C21H25F2NO3.Ti/c1-2-3-12-26-14-15-27-13-11-24(20-10-9-18(22)16-19(20)23)21(25)17-7-5-4-6-8-17;/h4-10,16H,2-3,11-15H2,1H3;. The first-order chi connectivity index (χ1) is 13.1. The second kappa shape index (κ2) is 13.6. The van der Waals surface area contributed by atoms with Gasteiger partial charge in [-0.1, -0.05) is 31.5 Å². The molecule has 0 aromatic heterocycles. The number of rotatable bonds is 11. The van der Waals surface area contributed by atoms with Gasteiger partial charge in [-0.15, -0.1) is 0 Å². The fourth-order valence-electron chi connectivity index (χ4n) is 2.49. The molecule has 2 aromatic carbocycles. The average molecular weight is 425 g/mol. The van der Waals surface area contributed by atoms with Gasteiger partial charge in [0.1, 0.15) is 11.6 Å². The van der Waals surface area contributed by atoms with E-state index in [4.69, 9.17) is 9.47 Å². The van der Waals surface area contributed by atoms with E-state index in [1.54, 1.807) is 30.3 Å². The van der Waals surface area contributed by atoms with E-state index in [0.29, 0.717) is 25.4 Å². The van der Waals surface area contributed by atoms with Crippen LogP contribution in [-0.4, -0.2) is 38.9 Å². The molecular weight excluding hydrogens is 400 g/mol. The van der Waals surface area contributed by atoms with Crippen LogP contribution in [0.3, 0.4) is 0 Å². The molecule has 0 radical (unpaired) electrons. The molecule has 0 saturated carbocycles. The summed E-state index contributed by atoms with van der Waals surface area (Å²) in [5.74, 6) is -1.85. The summed E-state index contributed by atoms with van der Waals surface area (Å²) in [6, 6.07) is 11.7. The minimum absolute atomic E-state index is 0. The topological polar surface area (TPSA) is 38.8 Å². The third-order valence-corrected chi connectivity index (χ3v) is 3.94. The fourth-order valence-corrected chi connectivity index (χ4v) is 2.49. The number of carbonyl (C=O) groups excluding carboxylic acids is 1. The Morgan fingerprint density at radius 1 is 0.964 bits per heavy atom. The van der Waals surface area contributed by atoms with Gasteiger partial charge in [0.25, 0.3) is 5.91 Å². The van der Waals surface area contributed by atoms with Crippen molar-refractivity contribution in [2.75, 3.05) is 37.9 Å². The predicted octanol–water partition coefficient (Wildman–Crippen LogP) is 4.44. The molecule has 0 N–H and O–H groups in total. The number of benzene rings is 2. The number of hydrogen-bond donors (Lipinski definition) is 0. The van der Waals surface area contributed by atoms with E-state index < -0.39 is 11.6 Å². The maximum absolute atomic E-state index is 14.2. The SMILES string of the molecule is CCCCOCCOCCN(C(=O)c1ccccc1)c1ccc(F)cc1F.[Ti]. The van der Waals surface area contributed by atoms with E-state index in [1.807, 2.05) is 0 Å². The van der Waals surface area contributed by atoms with E-state index >= 15 is 0 Å². The molecule has 1 amide bonds. The van der Waals surface area contributed by atoms with Gasteiger partial charge >= 0.3 is 0 Å². The summed E-state index contributed by atoms with van der Waals surface area (Å²) in [5.41, 5.74) is 0.442. The van der Waals surface area contributed by atoms with Crippen molar-refractivity contribution in [3.63, 3.8) is 0 Å². The van der Waals surface area contributed by atoms with Crippen LogP contribution >= 0.6 is 0 Å². The van der Waals surface area contributed by atoms with Crippen LogP contribution in [0.1, 0.15) is 30.1 Å². The Kier molecular flexibility index (Phi) is 11.8. The van der Waals surface area contributed by atoms with E-state index in [1.165, 1.54) is 11.0 Å². The van der Waals surface area contributed by atoms with Crippen LogP contribution in [0, 0.1) is 11.6 Å². The molecular formula is C21H25F2NO3Ti.